The van der Waals surface area contributed by atoms with Crippen molar-refractivity contribution in [1.29, 1.82) is 0 Å². The van der Waals surface area contributed by atoms with E-state index in [9.17, 15) is 4.79 Å². The Morgan fingerprint density at radius 2 is 2.11 bits per heavy atom. The van der Waals surface area contributed by atoms with Crippen molar-refractivity contribution in [1.82, 2.24) is 10.2 Å². The first-order valence-corrected chi connectivity index (χ1v) is 7.28. The van der Waals surface area contributed by atoms with Gasteiger partial charge in [-0.3, -0.25) is 9.69 Å². The van der Waals surface area contributed by atoms with E-state index < -0.39 is 0 Å². The molecule has 0 saturated carbocycles. The van der Waals surface area contributed by atoms with Crippen molar-refractivity contribution in [3.05, 3.63) is 28.7 Å². The van der Waals surface area contributed by atoms with Gasteiger partial charge in [0.05, 0.1) is 5.69 Å². The van der Waals surface area contributed by atoms with Crippen molar-refractivity contribution >= 4 is 27.5 Å². The van der Waals surface area contributed by atoms with Crippen LogP contribution in [0, 0.1) is 0 Å². The van der Waals surface area contributed by atoms with Gasteiger partial charge in [0, 0.05) is 23.6 Å². The van der Waals surface area contributed by atoms with Crippen molar-refractivity contribution in [2.24, 2.45) is 0 Å². The number of hydrogen-bond acceptors (Lipinski definition) is 3. The third kappa shape index (κ3) is 2.83. The van der Waals surface area contributed by atoms with Crippen LogP contribution in [0.2, 0.25) is 0 Å². The molecule has 1 N–H and O–H groups in total. The van der Waals surface area contributed by atoms with E-state index in [4.69, 9.17) is 0 Å². The summed E-state index contributed by atoms with van der Waals surface area (Å²) in [6, 6.07) is 7.95. The van der Waals surface area contributed by atoms with Crippen LogP contribution in [0.25, 0.3) is 0 Å². The first kappa shape index (κ1) is 14.5. The molecule has 5 heteroatoms. The Labute approximate surface area is 122 Å². The highest BCUT2D eigenvalue weighted by Crippen LogP contribution is 2.30. The smallest absolute Gasteiger partial charge is 0.245 e. The van der Waals surface area contributed by atoms with Crippen LogP contribution >= 0.6 is 15.9 Å². The normalized spacial score (nSPS) is 24.8. The average Bonchev–Trinajstić information content (AvgIpc) is 2.36. The van der Waals surface area contributed by atoms with Gasteiger partial charge >= 0.3 is 0 Å². The first-order valence-electron chi connectivity index (χ1n) is 6.48. The lowest BCUT2D eigenvalue weighted by molar-refractivity contribution is -0.126. The van der Waals surface area contributed by atoms with E-state index in [1.165, 1.54) is 0 Å². The standard InChI is InChI=1S/C14H20BrN3O/c1-10-9-17(3)13(8-16-2)14(19)18(10)12-7-5-4-6-11(12)15/h4-7,10,13,16H,8-9H2,1-3H3. The van der Waals surface area contributed by atoms with Gasteiger partial charge in [-0.1, -0.05) is 12.1 Å². The van der Waals surface area contributed by atoms with Crippen LogP contribution in [-0.2, 0) is 4.79 Å². The molecule has 1 heterocycles. The highest BCUT2D eigenvalue weighted by atomic mass is 79.9. The number of likely N-dealkylation sites (N-methyl/N-ethyl adjacent to an activating group) is 2. The van der Waals surface area contributed by atoms with Crippen molar-refractivity contribution in [3.63, 3.8) is 0 Å². The fourth-order valence-electron chi connectivity index (χ4n) is 2.63. The summed E-state index contributed by atoms with van der Waals surface area (Å²) in [6.45, 7) is 3.63. The number of amides is 1. The van der Waals surface area contributed by atoms with Crippen LogP contribution in [0.3, 0.4) is 0 Å². The van der Waals surface area contributed by atoms with Gasteiger partial charge in [-0.05, 0) is 49.1 Å². The van der Waals surface area contributed by atoms with Gasteiger partial charge in [0.1, 0.15) is 6.04 Å². The summed E-state index contributed by atoms with van der Waals surface area (Å²) in [5.41, 5.74) is 0.953. The van der Waals surface area contributed by atoms with Crippen LogP contribution in [0.15, 0.2) is 28.7 Å². The highest BCUT2D eigenvalue weighted by Gasteiger charge is 2.37. The molecule has 0 aromatic heterocycles. The first-order chi connectivity index (χ1) is 9.06. The molecule has 2 rings (SSSR count). The number of carbonyl (C=O) groups is 1. The number of piperazine rings is 1. The minimum absolute atomic E-state index is 0.103. The molecule has 1 aromatic carbocycles. The van der Waals surface area contributed by atoms with Crippen LogP contribution in [0.1, 0.15) is 6.92 Å². The Morgan fingerprint density at radius 3 is 2.74 bits per heavy atom. The number of nitrogens with zero attached hydrogens (tertiary/aromatic N) is 2. The van der Waals surface area contributed by atoms with Crippen LogP contribution in [0.4, 0.5) is 5.69 Å². The number of anilines is 1. The lowest BCUT2D eigenvalue weighted by Gasteiger charge is -2.43. The van der Waals surface area contributed by atoms with Crippen LogP contribution < -0.4 is 10.2 Å². The molecule has 2 atom stereocenters. The van der Waals surface area contributed by atoms with E-state index >= 15 is 0 Å². The molecule has 4 nitrogen and oxygen atoms in total. The quantitative estimate of drug-likeness (QED) is 0.918. The van der Waals surface area contributed by atoms with Gasteiger partial charge in [0.15, 0.2) is 0 Å². The van der Waals surface area contributed by atoms with E-state index in [0.29, 0.717) is 6.54 Å². The summed E-state index contributed by atoms with van der Waals surface area (Å²) in [5, 5.41) is 3.10. The zero-order valence-corrected chi connectivity index (χ0v) is 13.1. The van der Waals surface area contributed by atoms with Gasteiger partial charge in [-0.25, -0.2) is 0 Å². The topological polar surface area (TPSA) is 35.6 Å². The van der Waals surface area contributed by atoms with Crippen molar-refractivity contribution in [2.45, 2.75) is 19.0 Å². The van der Waals surface area contributed by atoms with E-state index in [2.05, 4.69) is 33.1 Å². The van der Waals surface area contributed by atoms with Gasteiger partial charge in [0.2, 0.25) is 5.91 Å². The maximum absolute atomic E-state index is 12.7. The maximum Gasteiger partial charge on any atom is 0.245 e. The minimum atomic E-state index is -0.103. The molecule has 1 saturated heterocycles. The van der Waals surface area contributed by atoms with E-state index in [-0.39, 0.29) is 18.0 Å². The van der Waals surface area contributed by atoms with Gasteiger partial charge < -0.3 is 10.2 Å². The number of nitrogens with one attached hydrogen (secondary N) is 1. The summed E-state index contributed by atoms with van der Waals surface area (Å²) in [4.78, 5) is 16.7. The largest absolute Gasteiger partial charge is 0.318 e. The minimum Gasteiger partial charge on any atom is -0.318 e. The predicted octanol–water partition coefficient (Wildman–Crippen LogP) is 1.70. The number of halogens is 1. The molecule has 1 aliphatic rings. The SMILES string of the molecule is CNCC1C(=O)N(c2ccccc2Br)C(C)CN1C. The molecule has 104 valence electrons. The Kier molecular flexibility index (Phi) is 4.60. The summed E-state index contributed by atoms with van der Waals surface area (Å²) in [6.07, 6.45) is 0. The second-order valence-electron chi connectivity index (χ2n) is 5.02. The molecular weight excluding hydrogens is 306 g/mol. The summed E-state index contributed by atoms with van der Waals surface area (Å²) >= 11 is 3.54. The molecule has 2 unspecified atom stereocenters. The lowest BCUT2D eigenvalue weighted by Crippen LogP contribution is -2.62. The number of rotatable bonds is 3. The molecule has 1 amide bonds. The molecule has 0 radical (unpaired) electrons. The zero-order chi connectivity index (χ0) is 14.0. The summed E-state index contributed by atoms with van der Waals surface area (Å²) in [7, 11) is 3.88. The van der Waals surface area contributed by atoms with Gasteiger partial charge in [-0.2, -0.15) is 0 Å². The summed E-state index contributed by atoms with van der Waals surface area (Å²) in [5.74, 6) is 0.155. The number of para-hydroxylation sites is 1. The van der Waals surface area contributed by atoms with Crippen LogP contribution in [0.5, 0.6) is 0 Å². The average molecular weight is 326 g/mol. The third-order valence-corrected chi connectivity index (χ3v) is 4.23. The maximum atomic E-state index is 12.7. The van der Waals surface area contributed by atoms with Crippen LogP contribution in [-0.4, -0.2) is 50.1 Å². The molecule has 1 aliphatic heterocycles. The molecule has 1 aromatic rings. The zero-order valence-electron chi connectivity index (χ0n) is 11.6. The van der Waals surface area contributed by atoms with E-state index in [0.717, 1.165) is 16.7 Å². The molecule has 0 spiro atoms. The number of benzene rings is 1. The second-order valence-corrected chi connectivity index (χ2v) is 5.88. The molecular formula is C14H20BrN3O. The van der Waals surface area contributed by atoms with Gasteiger partial charge in [-0.15, -0.1) is 0 Å². The van der Waals surface area contributed by atoms with Crippen molar-refractivity contribution < 1.29 is 4.79 Å². The number of carbonyl (C=O) groups excluding carboxylic acids is 1. The third-order valence-electron chi connectivity index (χ3n) is 3.56. The predicted molar refractivity (Wildman–Crippen MR) is 81.4 cm³/mol. The number of hydrogen-bond donors (Lipinski definition) is 1. The van der Waals surface area contributed by atoms with Crippen molar-refractivity contribution in [3.8, 4) is 0 Å². The Hall–Kier alpha value is -0.910. The monoisotopic (exact) mass is 325 g/mol. The highest BCUT2D eigenvalue weighted by molar-refractivity contribution is 9.10. The Morgan fingerprint density at radius 1 is 1.42 bits per heavy atom. The summed E-state index contributed by atoms with van der Waals surface area (Å²) < 4.78 is 0.961. The van der Waals surface area contributed by atoms with Crippen molar-refractivity contribution in [2.75, 3.05) is 32.1 Å². The van der Waals surface area contributed by atoms with E-state index in [1.54, 1.807) is 0 Å². The molecule has 1 fully saturated rings. The molecule has 19 heavy (non-hydrogen) atoms. The molecule has 0 bridgehead atoms. The Bertz CT molecular complexity index is 466. The fourth-order valence-corrected chi connectivity index (χ4v) is 3.11. The second kappa shape index (κ2) is 6.03. The molecule has 0 aliphatic carbocycles. The van der Waals surface area contributed by atoms with Gasteiger partial charge in [0.25, 0.3) is 0 Å². The Balaban J connectivity index is 2.33. The lowest BCUT2D eigenvalue weighted by atomic mass is 10.1. The fraction of sp³-hybridized carbons (Fsp3) is 0.500. The van der Waals surface area contributed by atoms with E-state index in [1.807, 2.05) is 43.3 Å².